The summed E-state index contributed by atoms with van der Waals surface area (Å²) in [6.07, 6.45) is 8.23. The fourth-order valence-corrected chi connectivity index (χ4v) is 3.39. The minimum Gasteiger partial charge on any atom is -0.314 e. The van der Waals surface area contributed by atoms with Crippen molar-refractivity contribution >= 4 is 0 Å². The third-order valence-corrected chi connectivity index (χ3v) is 4.62. The first-order chi connectivity index (χ1) is 9.19. The number of rotatable bonds is 4. The Balaban J connectivity index is 1.97. The molecular formula is C18H29N. The van der Waals surface area contributed by atoms with Crippen LogP contribution in [0.25, 0.3) is 0 Å². The van der Waals surface area contributed by atoms with Gasteiger partial charge in [-0.2, -0.15) is 0 Å². The highest BCUT2D eigenvalue weighted by Crippen LogP contribution is 2.27. The smallest absolute Gasteiger partial charge is 0.00696 e. The maximum Gasteiger partial charge on any atom is 0.00696 e. The van der Waals surface area contributed by atoms with Crippen LogP contribution in [0.15, 0.2) is 18.2 Å². The van der Waals surface area contributed by atoms with Gasteiger partial charge in [0.2, 0.25) is 0 Å². The van der Waals surface area contributed by atoms with Crippen LogP contribution in [-0.2, 0) is 6.42 Å². The number of nitrogens with one attached hydrogen (secondary N) is 1. The van der Waals surface area contributed by atoms with Crippen molar-refractivity contribution < 1.29 is 0 Å². The fourth-order valence-electron chi connectivity index (χ4n) is 3.39. The lowest BCUT2D eigenvalue weighted by molar-refractivity contribution is 0.389. The Morgan fingerprint density at radius 2 is 1.89 bits per heavy atom. The minimum absolute atomic E-state index is 0.754. The molecule has 0 aliphatic heterocycles. The number of hydrogen-bond donors (Lipinski definition) is 1. The molecule has 1 aliphatic rings. The lowest BCUT2D eigenvalue weighted by Crippen LogP contribution is -2.30. The van der Waals surface area contributed by atoms with E-state index < -0.39 is 0 Å². The zero-order valence-corrected chi connectivity index (χ0v) is 12.8. The van der Waals surface area contributed by atoms with Crippen molar-refractivity contribution in [2.24, 2.45) is 5.92 Å². The maximum absolute atomic E-state index is 3.66. The average molecular weight is 259 g/mol. The Morgan fingerprint density at radius 3 is 2.63 bits per heavy atom. The van der Waals surface area contributed by atoms with Gasteiger partial charge in [0.1, 0.15) is 0 Å². The van der Waals surface area contributed by atoms with E-state index in [1.54, 1.807) is 0 Å². The lowest BCUT2D eigenvalue weighted by atomic mass is 9.90. The van der Waals surface area contributed by atoms with Crippen LogP contribution in [0.3, 0.4) is 0 Å². The van der Waals surface area contributed by atoms with Gasteiger partial charge in [-0.3, -0.25) is 0 Å². The Hall–Kier alpha value is -0.820. The number of benzene rings is 1. The second kappa shape index (κ2) is 7.09. The molecule has 1 aromatic carbocycles. The Morgan fingerprint density at radius 1 is 1.11 bits per heavy atom. The SMILES string of the molecule is CCNC1CCCCC(Cc2ccc(C)c(C)c2)C1. The molecule has 0 radical (unpaired) electrons. The second-order valence-corrected chi connectivity index (χ2v) is 6.26. The first-order valence-electron chi connectivity index (χ1n) is 7.98. The van der Waals surface area contributed by atoms with Crippen molar-refractivity contribution in [3.8, 4) is 0 Å². The molecule has 19 heavy (non-hydrogen) atoms. The largest absolute Gasteiger partial charge is 0.314 e. The standard InChI is InChI=1S/C18H29N/c1-4-19-18-8-6-5-7-16(13-18)12-17-10-9-14(2)15(3)11-17/h9-11,16,18-19H,4-8,12-13H2,1-3H3. The molecule has 2 rings (SSSR count). The van der Waals surface area contributed by atoms with Gasteiger partial charge < -0.3 is 5.32 Å². The molecule has 2 atom stereocenters. The average Bonchev–Trinajstić information content (AvgIpc) is 2.60. The van der Waals surface area contributed by atoms with Gasteiger partial charge in [0.05, 0.1) is 0 Å². The van der Waals surface area contributed by atoms with E-state index in [9.17, 15) is 0 Å². The Bertz CT molecular complexity index is 397. The van der Waals surface area contributed by atoms with Crippen molar-refractivity contribution in [2.45, 2.75) is 65.3 Å². The van der Waals surface area contributed by atoms with Crippen LogP contribution in [0.2, 0.25) is 0 Å². The second-order valence-electron chi connectivity index (χ2n) is 6.26. The van der Waals surface area contributed by atoms with Crippen molar-refractivity contribution in [3.63, 3.8) is 0 Å². The van der Waals surface area contributed by atoms with Crippen LogP contribution in [0.5, 0.6) is 0 Å². The summed E-state index contributed by atoms with van der Waals surface area (Å²) in [4.78, 5) is 0. The molecule has 2 unspecified atom stereocenters. The molecule has 0 heterocycles. The monoisotopic (exact) mass is 259 g/mol. The number of aryl methyl sites for hydroxylation is 2. The molecular weight excluding hydrogens is 230 g/mol. The minimum atomic E-state index is 0.754. The quantitative estimate of drug-likeness (QED) is 0.790. The lowest BCUT2D eigenvalue weighted by Gasteiger charge is -2.21. The summed E-state index contributed by atoms with van der Waals surface area (Å²) >= 11 is 0. The zero-order valence-electron chi connectivity index (χ0n) is 12.8. The predicted octanol–water partition coefficient (Wildman–Crippen LogP) is 4.40. The van der Waals surface area contributed by atoms with E-state index in [-0.39, 0.29) is 0 Å². The van der Waals surface area contributed by atoms with Crippen LogP contribution >= 0.6 is 0 Å². The van der Waals surface area contributed by atoms with Crippen LogP contribution in [0.1, 0.15) is 55.7 Å². The van der Waals surface area contributed by atoms with E-state index in [2.05, 4.69) is 44.3 Å². The van der Waals surface area contributed by atoms with Crippen LogP contribution in [0, 0.1) is 19.8 Å². The molecule has 0 aromatic heterocycles. The molecule has 1 saturated carbocycles. The molecule has 1 nitrogen and oxygen atoms in total. The molecule has 106 valence electrons. The fraction of sp³-hybridized carbons (Fsp3) is 0.667. The summed E-state index contributed by atoms with van der Waals surface area (Å²) in [7, 11) is 0. The molecule has 0 bridgehead atoms. The van der Waals surface area contributed by atoms with Crippen molar-refractivity contribution in [2.75, 3.05) is 6.54 Å². The number of hydrogen-bond acceptors (Lipinski definition) is 1. The molecule has 1 aromatic rings. The van der Waals surface area contributed by atoms with E-state index in [1.807, 2.05) is 0 Å². The normalized spacial score (nSPS) is 24.2. The molecule has 1 aliphatic carbocycles. The van der Waals surface area contributed by atoms with Crippen LogP contribution < -0.4 is 5.32 Å². The first kappa shape index (κ1) is 14.6. The van der Waals surface area contributed by atoms with Gasteiger partial charge in [-0.25, -0.2) is 0 Å². The highest BCUT2D eigenvalue weighted by molar-refractivity contribution is 5.30. The van der Waals surface area contributed by atoms with E-state index in [0.29, 0.717) is 0 Å². The van der Waals surface area contributed by atoms with Gasteiger partial charge >= 0.3 is 0 Å². The van der Waals surface area contributed by atoms with E-state index in [4.69, 9.17) is 0 Å². The highest BCUT2D eigenvalue weighted by Gasteiger charge is 2.19. The first-order valence-corrected chi connectivity index (χ1v) is 7.98. The molecule has 0 spiro atoms. The molecule has 1 fully saturated rings. The third-order valence-electron chi connectivity index (χ3n) is 4.62. The zero-order chi connectivity index (χ0) is 13.7. The molecule has 0 amide bonds. The Kier molecular flexibility index (Phi) is 5.45. The third kappa shape index (κ3) is 4.35. The van der Waals surface area contributed by atoms with Gasteiger partial charge in [0.25, 0.3) is 0 Å². The van der Waals surface area contributed by atoms with Gasteiger partial charge in [-0.1, -0.05) is 44.4 Å². The van der Waals surface area contributed by atoms with Gasteiger partial charge in [-0.05, 0) is 62.3 Å². The van der Waals surface area contributed by atoms with Crippen LogP contribution in [0.4, 0.5) is 0 Å². The van der Waals surface area contributed by atoms with E-state index in [0.717, 1.165) is 18.5 Å². The maximum atomic E-state index is 3.66. The van der Waals surface area contributed by atoms with Gasteiger partial charge in [-0.15, -0.1) is 0 Å². The summed E-state index contributed by atoms with van der Waals surface area (Å²) in [5.74, 6) is 0.869. The van der Waals surface area contributed by atoms with Crippen molar-refractivity contribution in [1.29, 1.82) is 0 Å². The van der Waals surface area contributed by atoms with Crippen LogP contribution in [-0.4, -0.2) is 12.6 Å². The Labute approximate surface area is 118 Å². The molecule has 1 heteroatoms. The summed E-state index contributed by atoms with van der Waals surface area (Å²) in [6, 6.07) is 7.75. The predicted molar refractivity (Wildman–Crippen MR) is 83.7 cm³/mol. The topological polar surface area (TPSA) is 12.0 Å². The molecule has 0 saturated heterocycles. The van der Waals surface area contributed by atoms with Crippen molar-refractivity contribution in [1.82, 2.24) is 5.32 Å². The highest BCUT2D eigenvalue weighted by atomic mass is 14.9. The molecule has 1 N–H and O–H groups in total. The summed E-state index contributed by atoms with van der Waals surface area (Å²) < 4.78 is 0. The summed E-state index contributed by atoms with van der Waals surface area (Å²) in [5.41, 5.74) is 4.38. The van der Waals surface area contributed by atoms with Crippen molar-refractivity contribution in [3.05, 3.63) is 34.9 Å². The summed E-state index contributed by atoms with van der Waals surface area (Å²) in [6.45, 7) is 7.77. The van der Waals surface area contributed by atoms with E-state index >= 15 is 0 Å². The van der Waals surface area contributed by atoms with Gasteiger partial charge in [0, 0.05) is 6.04 Å². The summed E-state index contributed by atoms with van der Waals surface area (Å²) in [5, 5.41) is 3.66. The van der Waals surface area contributed by atoms with Gasteiger partial charge in [0.15, 0.2) is 0 Å². The van der Waals surface area contributed by atoms with E-state index in [1.165, 1.54) is 55.2 Å².